The molecule has 2 aromatic rings. The Labute approximate surface area is 92.1 Å². The molecule has 1 aliphatic heterocycles. The van der Waals surface area contributed by atoms with Gasteiger partial charge in [-0.25, -0.2) is 4.98 Å². The van der Waals surface area contributed by atoms with Crippen LogP contribution in [0.15, 0.2) is 22.9 Å². The Hall–Kier alpha value is -1.13. The molecule has 0 fully saturated rings. The van der Waals surface area contributed by atoms with Crippen LogP contribution in [0.3, 0.4) is 0 Å². The summed E-state index contributed by atoms with van der Waals surface area (Å²) in [5.74, 6) is 1.10. The van der Waals surface area contributed by atoms with Crippen LogP contribution in [0.5, 0.6) is 0 Å². The summed E-state index contributed by atoms with van der Waals surface area (Å²) in [7, 11) is 0. The van der Waals surface area contributed by atoms with Crippen LogP contribution < -0.4 is 5.32 Å². The molecule has 78 valence electrons. The van der Waals surface area contributed by atoms with Crippen molar-refractivity contribution in [3.8, 4) is 0 Å². The number of furan rings is 1. The number of rotatable bonds is 1. The van der Waals surface area contributed by atoms with Crippen molar-refractivity contribution in [2.24, 2.45) is 0 Å². The average Bonchev–Trinajstić information content (AvgIpc) is 2.84. The predicted molar refractivity (Wildman–Crippen MR) is 59.1 cm³/mol. The van der Waals surface area contributed by atoms with Gasteiger partial charge in [-0.3, -0.25) is 0 Å². The lowest BCUT2D eigenvalue weighted by atomic mass is 10.0. The summed E-state index contributed by atoms with van der Waals surface area (Å²) in [6.07, 6.45) is 4.67. The fourth-order valence-corrected chi connectivity index (χ4v) is 2.85. The van der Waals surface area contributed by atoms with Gasteiger partial charge in [-0.05, 0) is 13.0 Å². The van der Waals surface area contributed by atoms with Crippen LogP contribution in [0.2, 0.25) is 0 Å². The van der Waals surface area contributed by atoms with E-state index in [2.05, 4.69) is 17.2 Å². The van der Waals surface area contributed by atoms with Gasteiger partial charge in [-0.2, -0.15) is 0 Å². The first-order valence-corrected chi connectivity index (χ1v) is 5.88. The second kappa shape index (κ2) is 3.47. The van der Waals surface area contributed by atoms with Gasteiger partial charge in [0.25, 0.3) is 0 Å². The number of fused-ring (bicyclic) bond motifs is 1. The molecule has 0 saturated carbocycles. The first-order chi connectivity index (χ1) is 7.34. The van der Waals surface area contributed by atoms with Gasteiger partial charge in [0.15, 0.2) is 0 Å². The number of aromatic nitrogens is 1. The summed E-state index contributed by atoms with van der Waals surface area (Å²) < 4.78 is 5.45. The van der Waals surface area contributed by atoms with Crippen molar-refractivity contribution in [2.75, 3.05) is 6.54 Å². The summed E-state index contributed by atoms with van der Waals surface area (Å²) in [5, 5.41) is 4.61. The van der Waals surface area contributed by atoms with Gasteiger partial charge in [0.05, 0.1) is 12.3 Å². The van der Waals surface area contributed by atoms with Crippen molar-refractivity contribution in [1.82, 2.24) is 10.3 Å². The van der Waals surface area contributed by atoms with E-state index in [0.29, 0.717) is 0 Å². The third-order valence-electron chi connectivity index (χ3n) is 2.68. The lowest BCUT2D eigenvalue weighted by Crippen LogP contribution is -2.29. The molecule has 0 bridgehead atoms. The highest BCUT2D eigenvalue weighted by atomic mass is 32.1. The van der Waals surface area contributed by atoms with Gasteiger partial charge >= 0.3 is 0 Å². The van der Waals surface area contributed by atoms with E-state index in [1.54, 1.807) is 17.6 Å². The van der Waals surface area contributed by atoms with E-state index >= 15 is 0 Å². The topological polar surface area (TPSA) is 38.1 Å². The Morgan fingerprint density at radius 1 is 1.60 bits per heavy atom. The zero-order valence-electron chi connectivity index (χ0n) is 8.49. The Kier molecular flexibility index (Phi) is 2.11. The Morgan fingerprint density at radius 3 is 3.33 bits per heavy atom. The molecule has 1 unspecified atom stereocenters. The Morgan fingerprint density at radius 2 is 2.53 bits per heavy atom. The second-order valence-electron chi connectivity index (χ2n) is 3.75. The number of hydrogen-bond donors (Lipinski definition) is 1. The minimum atomic E-state index is 0.228. The minimum absolute atomic E-state index is 0.228. The Balaban J connectivity index is 2.02. The van der Waals surface area contributed by atoms with Crippen LogP contribution in [-0.2, 0) is 6.42 Å². The van der Waals surface area contributed by atoms with E-state index in [9.17, 15) is 0 Å². The molecule has 1 N–H and O–H groups in total. The van der Waals surface area contributed by atoms with E-state index in [1.165, 1.54) is 10.4 Å². The van der Waals surface area contributed by atoms with Gasteiger partial charge in [-0.15, -0.1) is 11.3 Å². The van der Waals surface area contributed by atoms with Crippen LogP contribution in [0.1, 0.15) is 27.3 Å². The molecule has 4 heteroatoms. The molecule has 1 atom stereocenters. The summed E-state index contributed by atoms with van der Waals surface area (Å²) in [6, 6.07) is 2.27. The molecule has 3 heterocycles. The molecule has 1 aliphatic rings. The zero-order chi connectivity index (χ0) is 10.3. The molecule has 0 aromatic carbocycles. The first-order valence-electron chi connectivity index (χ1n) is 5.06. The van der Waals surface area contributed by atoms with Gasteiger partial charge in [0, 0.05) is 29.6 Å². The van der Waals surface area contributed by atoms with Crippen molar-refractivity contribution in [3.63, 3.8) is 0 Å². The Bertz CT molecular complexity index is 474. The fraction of sp³-hybridized carbons (Fsp3) is 0.364. The monoisotopic (exact) mass is 220 g/mol. The summed E-state index contributed by atoms with van der Waals surface area (Å²) in [6.45, 7) is 3.05. The SMILES string of the molecule is Cc1cnc(C2NCCc3occc32)s1. The maximum absolute atomic E-state index is 5.45. The number of nitrogens with one attached hydrogen (secondary N) is 1. The maximum atomic E-state index is 5.45. The van der Waals surface area contributed by atoms with Gasteiger partial charge in [0.1, 0.15) is 10.8 Å². The number of thiazole rings is 1. The number of hydrogen-bond acceptors (Lipinski definition) is 4. The predicted octanol–water partition coefficient (Wildman–Crippen LogP) is 2.28. The molecule has 0 amide bonds. The van der Waals surface area contributed by atoms with Crippen molar-refractivity contribution >= 4 is 11.3 Å². The molecular formula is C11H12N2OS. The van der Waals surface area contributed by atoms with E-state index in [-0.39, 0.29) is 6.04 Å². The van der Waals surface area contributed by atoms with E-state index < -0.39 is 0 Å². The molecule has 15 heavy (non-hydrogen) atoms. The number of aryl methyl sites for hydroxylation is 1. The summed E-state index contributed by atoms with van der Waals surface area (Å²) in [5.41, 5.74) is 1.25. The quantitative estimate of drug-likeness (QED) is 0.801. The lowest BCUT2D eigenvalue weighted by molar-refractivity contribution is 0.455. The van der Waals surface area contributed by atoms with Crippen LogP contribution >= 0.6 is 11.3 Å². The van der Waals surface area contributed by atoms with E-state index in [1.807, 2.05) is 12.3 Å². The highest BCUT2D eigenvalue weighted by Crippen LogP contribution is 2.31. The summed E-state index contributed by atoms with van der Waals surface area (Å²) in [4.78, 5) is 5.68. The normalized spacial score (nSPS) is 20.2. The molecular weight excluding hydrogens is 208 g/mol. The van der Waals surface area contributed by atoms with E-state index in [0.717, 1.165) is 23.7 Å². The lowest BCUT2D eigenvalue weighted by Gasteiger charge is -2.21. The standard InChI is InChI=1S/C11H12N2OS/c1-7-6-13-11(15-7)10-8-3-5-14-9(8)2-4-12-10/h3,5-6,10,12H,2,4H2,1H3. The molecule has 0 saturated heterocycles. The largest absolute Gasteiger partial charge is 0.469 e. The highest BCUT2D eigenvalue weighted by Gasteiger charge is 2.25. The first kappa shape index (κ1) is 9.12. The number of nitrogens with zero attached hydrogens (tertiary/aromatic N) is 1. The van der Waals surface area contributed by atoms with Crippen molar-refractivity contribution in [1.29, 1.82) is 0 Å². The summed E-state index contributed by atoms with van der Waals surface area (Å²) >= 11 is 1.75. The minimum Gasteiger partial charge on any atom is -0.469 e. The van der Waals surface area contributed by atoms with E-state index in [4.69, 9.17) is 4.42 Å². The fourth-order valence-electron chi connectivity index (χ4n) is 1.98. The third kappa shape index (κ3) is 1.50. The second-order valence-corrected chi connectivity index (χ2v) is 5.01. The molecule has 2 aromatic heterocycles. The van der Waals surface area contributed by atoms with Crippen LogP contribution in [0.4, 0.5) is 0 Å². The average molecular weight is 220 g/mol. The van der Waals surface area contributed by atoms with Gasteiger partial charge in [0.2, 0.25) is 0 Å². The molecule has 3 nitrogen and oxygen atoms in total. The molecule has 3 rings (SSSR count). The smallest absolute Gasteiger partial charge is 0.114 e. The highest BCUT2D eigenvalue weighted by molar-refractivity contribution is 7.11. The third-order valence-corrected chi connectivity index (χ3v) is 3.66. The van der Waals surface area contributed by atoms with Crippen molar-refractivity contribution in [3.05, 3.63) is 39.7 Å². The zero-order valence-corrected chi connectivity index (χ0v) is 9.30. The van der Waals surface area contributed by atoms with Crippen LogP contribution in [-0.4, -0.2) is 11.5 Å². The van der Waals surface area contributed by atoms with Crippen LogP contribution in [0, 0.1) is 6.92 Å². The van der Waals surface area contributed by atoms with Crippen molar-refractivity contribution < 1.29 is 4.42 Å². The molecule has 0 radical (unpaired) electrons. The molecule has 0 aliphatic carbocycles. The van der Waals surface area contributed by atoms with Gasteiger partial charge < -0.3 is 9.73 Å². The van der Waals surface area contributed by atoms with Gasteiger partial charge in [-0.1, -0.05) is 0 Å². The maximum Gasteiger partial charge on any atom is 0.114 e. The van der Waals surface area contributed by atoms with Crippen LogP contribution in [0.25, 0.3) is 0 Å². The molecule has 0 spiro atoms. The van der Waals surface area contributed by atoms with Crippen molar-refractivity contribution in [2.45, 2.75) is 19.4 Å².